The van der Waals surface area contributed by atoms with Crippen molar-refractivity contribution < 1.29 is 0 Å². The summed E-state index contributed by atoms with van der Waals surface area (Å²) in [6.45, 7) is 0. The molecule has 0 N–H and O–H groups in total. The highest BCUT2D eigenvalue weighted by atomic mass is 14.8. The number of hydrogen-bond donors (Lipinski definition) is 0. The Labute approximate surface area is 166 Å². The Morgan fingerprint density at radius 1 is 0.741 bits per heavy atom. The number of hydrogen-bond acceptors (Lipinski definition) is 2. The van der Waals surface area contributed by atoms with Crippen LogP contribution in [0.5, 0.6) is 0 Å². The van der Waals surface area contributed by atoms with Crippen molar-refractivity contribution in [1.82, 2.24) is 0 Å². The van der Waals surface area contributed by atoms with Gasteiger partial charge < -0.3 is 0 Å². The molecule has 0 bridgehead atoms. The molecule has 0 radical (unpaired) electrons. The molecule has 2 nitrogen and oxygen atoms in total. The fraction of sp³-hybridized carbons (Fsp3) is 0.760. The minimum atomic E-state index is 0.420. The van der Waals surface area contributed by atoms with E-state index < -0.39 is 0 Å². The minimum absolute atomic E-state index is 0.420. The molecule has 3 fully saturated rings. The van der Waals surface area contributed by atoms with E-state index in [4.69, 9.17) is 9.98 Å². The van der Waals surface area contributed by atoms with E-state index in [9.17, 15) is 0 Å². The topological polar surface area (TPSA) is 24.7 Å². The highest BCUT2D eigenvalue weighted by Gasteiger charge is 2.22. The quantitative estimate of drug-likeness (QED) is 0.511. The van der Waals surface area contributed by atoms with Gasteiger partial charge in [-0.05, 0) is 95.8 Å². The summed E-state index contributed by atoms with van der Waals surface area (Å²) in [5, 5.41) is 0. The summed E-state index contributed by atoms with van der Waals surface area (Å²) in [7, 11) is 0. The summed E-state index contributed by atoms with van der Waals surface area (Å²) >= 11 is 0. The highest BCUT2D eigenvalue weighted by Crippen LogP contribution is 2.33. The van der Waals surface area contributed by atoms with Gasteiger partial charge in [0.1, 0.15) is 0 Å². The lowest BCUT2D eigenvalue weighted by molar-refractivity contribution is 0.326. The van der Waals surface area contributed by atoms with Gasteiger partial charge in [-0.2, -0.15) is 0 Å². The van der Waals surface area contributed by atoms with Gasteiger partial charge in [0.15, 0.2) is 0 Å². The number of nitrogens with zero attached hydrogens (tertiary/aromatic N) is 2. The molecule has 1 unspecified atom stereocenters. The molecule has 1 atom stereocenters. The van der Waals surface area contributed by atoms with E-state index in [-0.39, 0.29) is 0 Å². The highest BCUT2D eigenvalue weighted by molar-refractivity contribution is 5.85. The molecule has 2 heteroatoms. The monoisotopic (exact) mass is 366 g/mol. The van der Waals surface area contributed by atoms with Gasteiger partial charge in [0.25, 0.3) is 0 Å². The Balaban J connectivity index is 1.20. The standard InChI is InChI=1S/C25H38N2/c1-3-7-22(8-4-1)26-24-15-11-20(12-16-24)19-21-13-17-25(18-14-21)27-23-9-5-2-6-10-23/h11-12,15,21,24-25H,1-10,13-14,16-19H2. The number of rotatable bonds is 4. The van der Waals surface area contributed by atoms with E-state index in [0.29, 0.717) is 12.1 Å². The molecule has 0 aliphatic heterocycles. The van der Waals surface area contributed by atoms with E-state index in [1.54, 1.807) is 5.57 Å². The van der Waals surface area contributed by atoms with Crippen LogP contribution in [0.2, 0.25) is 0 Å². The van der Waals surface area contributed by atoms with Gasteiger partial charge in [-0.3, -0.25) is 9.98 Å². The maximum absolute atomic E-state index is 5.11. The first-order chi connectivity index (χ1) is 13.3. The average molecular weight is 367 g/mol. The van der Waals surface area contributed by atoms with E-state index in [0.717, 1.165) is 12.3 Å². The van der Waals surface area contributed by atoms with E-state index in [2.05, 4.69) is 18.2 Å². The Kier molecular flexibility index (Phi) is 6.98. The van der Waals surface area contributed by atoms with Crippen molar-refractivity contribution in [2.75, 3.05) is 0 Å². The molecular weight excluding hydrogens is 328 g/mol. The fourth-order valence-corrected chi connectivity index (χ4v) is 5.38. The SMILES string of the molecule is C1=CC(N=C2CCCCC2)CC=C1CC1CCC(N=C2CCCCC2)CC1. The fourth-order valence-electron chi connectivity index (χ4n) is 5.38. The maximum Gasteiger partial charge on any atom is 0.0716 e. The third kappa shape index (κ3) is 5.90. The molecule has 0 saturated heterocycles. The van der Waals surface area contributed by atoms with Crippen LogP contribution in [0.3, 0.4) is 0 Å². The van der Waals surface area contributed by atoms with Crippen LogP contribution in [0.1, 0.15) is 103 Å². The Bertz CT molecular complexity index is 586. The summed E-state index contributed by atoms with van der Waals surface area (Å²) in [6.07, 6.45) is 28.4. The Morgan fingerprint density at radius 3 is 1.96 bits per heavy atom. The first kappa shape index (κ1) is 19.2. The van der Waals surface area contributed by atoms with Crippen molar-refractivity contribution in [2.45, 2.75) is 115 Å². The van der Waals surface area contributed by atoms with Gasteiger partial charge in [-0.1, -0.05) is 36.6 Å². The van der Waals surface area contributed by atoms with Crippen LogP contribution < -0.4 is 0 Å². The lowest BCUT2D eigenvalue weighted by Gasteiger charge is -2.28. The lowest BCUT2D eigenvalue weighted by Crippen LogP contribution is -2.20. The Hall–Kier alpha value is -1.18. The van der Waals surface area contributed by atoms with Crippen LogP contribution in [-0.2, 0) is 0 Å². The molecule has 0 aromatic carbocycles. The second-order valence-corrected chi connectivity index (χ2v) is 9.33. The van der Waals surface area contributed by atoms with Gasteiger partial charge in [-0.25, -0.2) is 0 Å². The van der Waals surface area contributed by atoms with Gasteiger partial charge in [0.05, 0.1) is 6.04 Å². The Morgan fingerprint density at radius 2 is 1.37 bits per heavy atom. The van der Waals surface area contributed by atoms with Crippen molar-refractivity contribution in [2.24, 2.45) is 15.9 Å². The van der Waals surface area contributed by atoms with E-state index >= 15 is 0 Å². The molecule has 0 heterocycles. The molecule has 0 amide bonds. The summed E-state index contributed by atoms with van der Waals surface area (Å²) < 4.78 is 0. The van der Waals surface area contributed by atoms with Crippen LogP contribution in [0, 0.1) is 5.92 Å². The van der Waals surface area contributed by atoms with Gasteiger partial charge in [0, 0.05) is 17.5 Å². The molecule has 4 aliphatic rings. The molecule has 0 spiro atoms. The van der Waals surface area contributed by atoms with Crippen LogP contribution in [0.4, 0.5) is 0 Å². The third-order valence-electron chi connectivity index (χ3n) is 7.07. The number of aliphatic imine (C=N–C) groups is 2. The maximum atomic E-state index is 5.11. The molecule has 3 saturated carbocycles. The molecule has 0 aromatic heterocycles. The smallest absolute Gasteiger partial charge is 0.0716 e. The summed E-state index contributed by atoms with van der Waals surface area (Å²) in [4.78, 5) is 10.1. The summed E-state index contributed by atoms with van der Waals surface area (Å²) in [5.74, 6) is 0.880. The largest absolute Gasteiger partial charge is 0.291 e. The number of allylic oxidation sites excluding steroid dienone is 2. The zero-order valence-electron chi connectivity index (χ0n) is 17.2. The zero-order valence-corrected chi connectivity index (χ0v) is 17.2. The molecule has 4 rings (SSSR count). The molecule has 27 heavy (non-hydrogen) atoms. The zero-order chi connectivity index (χ0) is 18.3. The molecule has 148 valence electrons. The van der Waals surface area contributed by atoms with Crippen LogP contribution >= 0.6 is 0 Å². The van der Waals surface area contributed by atoms with E-state index in [1.165, 1.54) is 108 Å². The third-order valence-corrected chi connectivity index (χ3v) is 7.07. The normalized spacial score (nSPS) is 32.1. The van der Waals surface area contributed by atoms with Crippen molar-refractivity contribution in [1.29, 1.82) is 0 Å². The average Bonchev–Trinajstić information content (AvgIpc) is 2.73. The second-order valence-electron chi connectivity index (χ2n) is 9.33. The van der Waals surface area contributed by atoms with Crippen molar-refractivity contribution >= 4 is 11.4 Å². The summed E-state index contributed by atoms with van der Waals surface area (Å²) in [6, 6.07) is 1.06. The predicted octanol–water partition coefficient (Wildman–Crippen LogP) is 7.00. The van der Waals surface area contributed by atoms with Gasteiger partial charge in [-0.15, -0.1) is 0 Å². The first-order valence-electron chi connectivity index (χ1n) is 11.8. The van der Waals surface area contributed by atoms with Crippen molar-refractivity contribution in [3.63, 3.8) is 0 Å². The van der Waals surface area contributed by atoms with E-state index in [1.807, 2.05) is 0 Å². The van der Waals surface area contributed by atoms with Gasteiger partial charge in [0.2, 0.25) is 0 Å². The molecule has 4 aliphatic carbocycles. The first-order valence-corrected chi connectivity index (χ1v) is 11.8. The van der Waals surface area contributed by atoms with Crippen LogP contribution in [0.15, 0.2) is 33.8 Å². The lowest BCUT2D eigenvalue weighted by atomic mass is 9.81. The van der Waals surface area contributed by atoms with Crippen molar-refractivity contribution in [3.05, 3.63) is 23.8 Å². The van der Waals surface area contributed by atoms with Crippen LogP contribution in [-0.4, -0.2) is 23.5 Å². The van der Waals surface area contributed by atoms with Crippen LogP contribution in [0.25, 0.3) is 0 Å². The molecular formula is C25H38N2. The van der Waals surface area contributed by atoms with Gasteiger partial charge >= 0.3 is 0 Å². The summed E-state index contributed by atoms with van der Waals surface area (Å²) in [5.41, 5.74) is 4.58. The predicted molar refractivity (Wildman–Crippen MR) is 117 cm³/mol. The minimum Gasteiger partial charge on any atom is -0.291 e. The van der Waals surface area contributed by atoms with Crippen molar-refractivity contribution in [3.8, 4) is 0 Å². The second kappa shape index (κ2) is 9.85. The molecule has 0 aromatic rings.